The summed E-state index contributed by atoms with van der Waals surface area (Å²) in [5, 5.41) is 4.80. The summed E-state index contributed by atoms with van der Waals surface area (Å²) in [4.78, 5) is 18.9. The predicted molar refractivity (Wildman–Crippen MR) is 132 cm³/mol. The third-order valence-corrected chi connectivity index (χ3v) is 7.16. The number of amides is 1. The fraction of sp³-hybridized carbons (Fsp3) is 0.600. The van der Waals surface area contributed by atoms with Gasteiger partial charge in [-0.1, -0.05) is 0 Å². The first-order valence-electron chi connectivity index (χ1n) is 12.1. The van der Waals surface area contributed by atoms with E-state index in [4.69, 9.17) is 15.6 Å². The smallest absolute Gasteiger partial charge is 0.410 e. The Morgan fingerprint density at radius 3 is 2.48 bits per heavy atom. The number of piperidine rings is 1. The number of rotatable bonds is 2. The Hall–Kier alpha value is -2.90. The SMILES string of the molecule is CC1c2c(cnn2C2CN(C(=O)OC(C)(C)C)C2)-c2cc(N3CCCCC3)cc(N)c2N1C. The first-order chi connectivity index (χ1) is 15.6. The zero-order valence-corrected chi connectivity index (χ0v) is 20.5. The fourth-order valence-electron chi connectivity index (χ4n) is 5.32. The van der Waals surface area contributed by atoms with E-state index in [2.05, 4.69) is 40.6 Å². The van der Waals surface area contributed by atoms with Crippen molar-refractivity contribution in [3.8, 4) is 11.1 Å². The van der Waals surface area contributed by atoms with Gasteiger partial charge < -0.3 is 25.2 Å². The zero-order valence-electron chi connectivity index (χ0n) is 20.5. The summed E-state index contributed by atoms with van der Waals surface area (Å²) >= 11 is 0. The lowest BCUT2D eigenvalue weighted by atomic mass is 9.92. The minimum atomic E-state index is -0.486. The highest BCUT2D eigenvalue weighted by Crippen LogP contribution is 2.49. The third kappa shape index (κ3) is 3.79. The summed E-state index contributed by atoms with van der Waals surface area (Å²) in [5.41, 5.74) is 12.7. The summed E-state index contributed by atoms with van der Waals surface area (Å²) in [7, 11) is 2.11. The van der Waals surface area contributed by atoms with Crippen LogP contribution in [0.25, 0.3) is 11.1 Å². The molecule has 1 aromatic carbocycles. The van der Waals surface area contributed by atoms with Crippen LogP contribution in [0.2, 0.25) is 0 Å². The molecule has 1 aromatic heterocycles. The maximum Gasteiger partial charge on any atom is 0.410 e. The van der Waals surface area contributed by atoms with Crippen molar-refractivity contribution < 1.29 is 9.53 Å². The molecule has 0 saturated carbocycles. The van der Waals surface area contributed by atoms with Gasteiger partial charge in [-0.05, 0) is 59.1 Å². The Balaban J connectivity index is 1.45. The molecule has 33 heavy (non-hydrogen) atoms. The molecular formula is C25H36N6O2. The normalized spacial score (nSPS) is 20.9. The van der Waals surface area contributed by atoms with Crippen LogP contribution in [0.1, 0.15) is 64.7 Å². The lowest BCUT2D eigenvalue weighted by molar-refractivity contribution is -0.000852. The number of likely N-dealkylation sites (tertiary alicyclic amines) is 1. The van der Waals surface area contributed by atoms with Gasteiger partial charge in [0.1, 0.15) is 5.60 Å². The van der Waals surface area contributed by atoms with E-state index in [-0.39, 0.29) is 18.2 Å². The zero-order chi connectivity index (χ0) is 23.5. The molecular weight excluding hydrogens is 416 g/mol. The first-order valence-corrected chi connectivity index (χ1v) is 12.1. The monoisotopic (exact) mass is 452 g/mol. The molecule has 3 aliphatic rings. The number of ether oxygens (including phenoxy) is 1. The van der Waals surface area contributed by atoms with E-state index in [0.717, 1.165) is 35.6 Å². The minimum absolute atomic E-state index is 0.133. The quantitative estimate of drug-likeness (QED) is 0.679. The molecule has 0 aliphatic carbocycles. The molecule has 1 amide bonds. The van der Waals surface area contributed by atoms with Crippen LogP contribution in [0.15, 0.2) is 18.3 Å². The molecule has 8 nitrogen and oxygen atoms in total. The summed E-state index contributed by atoms with van der Waals surface area (Å²) in [5.74, 6) is 0. The molecule has 2 saturated heterocycles. The van der Waals surface area contributed by atoms with E-state index in [1.54, 1.807) is 4.90 Å². The average molecular weight is 453 g/mol. The molecule has 8 heteroatoms. The number of carbonyl (C=O) groups is 1. The summed E-state index contributed by atoms with van der Waals surface area (Å²) in [6.07, 6.45) is 5.48. The van der Waals surface area contributed by atoms with E-state index in [0.29, 0.717) is 13.1 Å². The number of anilines is 3. The molecule has 2 aromatic rings. The Morgan fingerprint density at radius 2 is 1.82 bits per heavy atom. The number of carbonyl (C=O) groups excluding carboxylic acids is 1. The standard InChI is InChI=1S/C25H36N6O2/c1-16-22-20(13-27-31(22)18-14-30(15-18)24(32)33-25(2,3)4)19-11-17(29-9-7-6-8-10-29)12-21(26)23(19)28(16)5/h11-13,16,18H,6-10,14-15,26H2,1-5H3. The van der Waals surface area contributed by atoms with Crippen molar-refractivity contribution in [3.05, 3.63) is 24.0 Å². The van der Waals surface area contributed by atoms with Gasteiger partial charge in [-0.2, -0.15) is 5.10 Å². The van der Waals surface area contributed by atoms with Gasteiger partial charge in [0.25, 0.3) is 0 Å². The van der Waals surface area contributed by atoms with Gasteiger partial charge in [-0.25, -0.2) is 4.79 Å². The topological polar surface area (TPSA) is 79.9 Å². The van der Waals surface area contributed by atoms with E-state index in [9.17, 15) is 4.79 Å². The number of benzene rings is 1. The molecule has 0 radical (unpaired) electrons. The second kappa shape index (κ2) is 7.85. The predicted octanol–water partition coefficient (Wildman–Crippen LogP) is 4.43. The summed E-state index contributed by atoms with van der Waals surface area (Å²) in [6, 6.07) is 4.71. The Morgan fingerprint density at radius 1 is 1.12 bits per heavy atom. The molecule has 1 atom stereocenters. The van der Waals surface area contributed by atoms with Crippen LogP contribution in [0, 0.1) is 0 Å². The number of hydrogen-bond donors (Lipinski definition) is 1. The highest BCUT2D eigenvalue weighted by molar-refractivity contribution is 5.93. The second-order valence-corrected chi connectivity index (χ2v) is 10.7. The van der Waals surface area contributed by atoms with Gasteiger partial charge >= 0.3 is 6.09 Å². The van der Waals surface area contributed by atoms with Crippen molar-refractivity contribution in [3.63, 3.8) is 0 Å². The second-order valence-electron chi connectivity index (χ2n) is 10.7. The Labute approximate surface area is 196 Å². The van der Waals surface area contributed by atoms with Gasteiger partial charge in [0.05, 0.1) is 35.3 Å². The number of nitrogen functional groups attached to an aromatic ring is 1. The summed E-state index contributed by atoms with van der Waals surface area (Å²) in [6.45, 7) is 11.3. The highest BCUT2D eigenvalue weighted by atomic mass is 16.6. The van der Waals surface area contributed by atoms with Crippen molar-refractivity contribution in [2.75, 3.05) is 48.8 Å². The van der Waals surface area contributed by atoms with Crippen LogP contribution in [0.3, 0.4) is 0 Å². The molecule has 0 spiro atoms. The lowest BCUT2D eigenvalue weighted by Gasteiger charge is -2.42. The molecule has 2 fully saturated rings. The number of hydrogen-bond acceptors (Lipinski definition) is 6. The van der Waals surface area contributed by atoms with Crippen LogP contribution in [0.5, 0.6) is 0 Å². The van der Waals surface area contributed by atoms with Crippen molar-refractivity contribution >= 4 is 23.2 Å². The average Bonchev–Trinajstić information content (AvgIpc) is 3.15. The van der Waals surface area contributed by atoms with E-state index >= 15 is 0 Å². The number of nitrogens with zero attached hydrogens (tertiary/aromatic N) is 5. The van der Waals surface area contributed by atoms with E-state index in [1.165, 1.54) is 30.6 Å². The van der Waals surface area contributed by atoms with Gasteiger partial charge in [-0.3, -0.25) is 4.68 Å². The molecule has 0 bridgehead atoms. The minimum Gasteiger partial charge on any atom is -0.444 e. The molecule has 178 valence electrons. The maximum atomic E-state index is 12.4. The maximum absolute atomic E-state index is 12.4. The third-order valence-electron chi connectivity index (χ3n) is 7.16. The van der Waals surface area contributed by atoms with Gasteiger partial charge in [0.2, 0.25) is 0 Å². The van der Waals surface area contributed by atoms with Crippen LogP contribution in [0.4, 0.5) is 21.9 Å². The molecule has 2 N–H and O–H groups in total. The number of nitrogens with two attached hydrogens (primary N) is 1. The van der Waals surface area contributed by atoms with Crippen molar-refractivity contribution in [1.82, 2.24) is 14.7 Å². The van der Waals surface area contributed by atoms with Gasteiger partial charge in [0, 0.05) is 50.0 Å². The Kier molecular flexibility index (Phi) is 5.21. The Bertz CT molecular complexity index is 1060. The van der Waals surface area contributed by atoms with Crippen molar-refractivity contribution in [1.29, 1.82) is 0 Å². The number of aromatic nitrogens is 2. The van der Waals surface area contributed by atoms with E-state index < -0.39 is 5.60 Å². The summed E-state index contributed by atoms with van der Waals surface area (Å²) < 4.78 is 7.63. The molecule has 4 heterocycles. The van der Waals surface area contributed by atoms with Crippen LogP contribution >= 0.6 is 0 Å². The van der Waals surface area contributed by atoms with E-state index in [1.807, 2.05) is 27.0 Å². The lowest BCUT2D eigenvalue weighted by Crippen LogP contribution is -2.53. The fourth-order valence-corrected chi connectivity index (χ4v) is 5.32. The molecule has 1 unspecified atom stereocenters. The number of fused-ring (bicyclic) bond motifs is 3. The van der Waals surface area contributed by atoms with Crippen molar-refractivity contribution in [2.24, 2.45) is 0 Å². The first kappa shape index (κ1) is 21.9. The van der Waals surface area contributed by atoms with Crippen molar-refractivity contribution in [2.45, 2.75) is 64.6 Å². The van der Waals surface area contributed by atoms with Gasteiger partial charge in [-0.15, -0.1) is 0 Å². The highest BCUT2D eigenvalue weighted by Gasteiger charge is 2.39. The van der Waals surface area contributed by atoms with Gasteiger partial charge in [0.15, 0.2) is 0 Å². The molecule has 3 aliphatic heterocycles. The van der Waals surface area contributed by atoms with Crippen LogP contribution in [-0.2, 0) is 4.74 Å². The van der Waals surface area contributed by atoms with Crippen LogP contribution in [-0.4, -0.2) is 59.6 Å². The van der Waals surface area contributed by atoms with Crippen LogP contribution < -0.4 is 15.5 Å². The molecule has 5 rings (SSSR count). The largest absolute Gasteiger partial charge is 0.444 e.